The van der Waals surface area contributed by atoms with E-state index in [-0.39, 0.29) is 23.7 Å². The molecule has 1 unspecified atom stereocenters. The Kier molecular flexibility index (Phi) is 6.80. The highest BCUT2D eigenvalue weighted by Crippen LogP contribution is 2.14. The average Bonchev–Trinajstić information content (AvgIpc) is 2.69. The van der Waals surface area contributed by atoms with Crippen molar-refractivity contribution in [2.45, 2.75) is 44.4 Å². The molecule has 1 aromatic rings. The molecule has 1 atom stereocenters. The summed E-state index contributed by atoms with van der Waals surface area (Å²) >= 11 is 1.43. The number of H-pyrrole nitrogens is 1. The third-order valence-electron chi connectivity index (χ3n) is 2.58. The van der Waals surface area contributed by atoms with E-state index < -0.39 is 0 Å². The Morgan fingerprint density at radius 3 is 2.75 bits per heavy atom. The van der Waals surface area contributed by atoms with E-state index >= 15 is 0 Å². The Bertz CT molecular complexity index is 483. The maximum Gasteiger partial charge on any atom is 0.343 e. The van der Waals surface area contributed by atoms with E-state index in [4.69, 9.17) is 4.74 Å². The monoisotopic (exact) mass is 302 g/mol. The van der Waals surface area contributed by atoms with Crippen molar-refractivity contribution >= 4 is 17.7 Å². The molecule has 1 rings (SSSR count). The van der Waals surface area contributed by atoms with E-state index in [1.807, 2.05) is 13.8 Å². The van der Waals surface area contributed by atoms with Crippen LogP contribution in [0.2, 0.25) is 0 Å². The second-order valence-electron chi connectivity index (χ2n) is 4.63. The fourth-order valence-corrected chi connectivity index (χ4v) is 2.57. The van der Waals surface area contributed by atoms with E-state index in [0.29, 0.717) is 23.9 Å². The van der Waals surface area contributed by atoms with Gasteiger partial charge in [0, 0.05) is 18.8 Å². The first-order valence-electron chi connectivity index (χ1n) is 6.62. The van der Waals surface area contributed by atoms with Gasteiger partial charge in [0.2, 0.25) is 0 Å². The van der Waals surface area contributed by atoms with Crippen LogP contribution in [0.25, 0.3) is 0 Å². The van der Waals surface area contributed by atoms with E-state index in [1.54, 1.807) is 14.0 Å². The zero-order valence-corrected chi connectivity index (χ0v) is 13.1. The number of thioether (sulfide) groups is 1. The molecule has 0 fully saturated rings. The van der Waals surface area contributed by atoms with Gasteiger partial charge in [-0.1, -0.05) is 25.6 Å². The highest BCUT2D eigenvalue weighted by atomic mass is 32.2. The molecule has 0 aliphatic heterocycles. The Morgan fingerprint density at radius 2 is 2.25 bits per heavy atom. The quantitative estimate of drug-likeness (QED) is 0.537. The van der Waals surface area contributed by atoms with Crippen LogP contribution in [0.1, 0.15) is 27.2 Å². The van der Waals surface area contributed by atoms with Crippen LogP contribution in [0.4, 0.5) is 0 Å². The molecule has 0 bridgehead atoms. The van der Waals surface area contributed by atoms with Crippen LogP contribution < -0.4 is 11.0 Å². The minimum atomic E-state index is -0.335. The van der Waals surface area contributed by atoms with Gasteiger partial charge < -0.3 is 10.1 Å². The number of carbonyl (C=O) groups excluding carboxylic acids is 1. The van der Waals surface area contributed by atoms with Gasteiger partial charge in [-0.25, -0.2) is 9.89 Å². The second kappa shape index (κ2) is 8.11. The Balaban J connectivity index is 2.51. The molecule has 0 aliphatic carbocycles. The number of carbonyl (C=O) groups is 1. The maximum absolute atomic E-state index is 11.8. The van der Waals surface area contributed by atoms with E-state index in [2.05, 4.69) is 15.5 Å². The van der Waals surface area contributed by atoms with E-state index in [0.717, 1.165) is 0 Å². The average molecular weight is 302 g/mol. The van der Waals surface area contributed by atoms with Crippen LogP contribution in [0.5, 0.6) is 0 Å². The fraction of sp³-hybridized carbons (Fsp3) is 0.750. The second-order valence-corrected chi connectivity index (χ2v) is 5.70. The zero-order chi connectivity index (χ0) is 15.1. The lowest BCUT2D eigenvalue weighted by molar-refractivity contribution is -0.145. The van der Waals surface area contributed by atoms with Gasteiger partial charge in [-0.2, -0.15) is 0 Å². The fourth-order valence-electron chi connectivity index (χ4n) is 1.64. The molecule has 0 spiro atoms. The summed E-state index contributed by atoms with van der Waals surface area (Å²) < 4.78 is 6.49. The number of aromatic amines is 1. The van der Waals surface area contributed by atoms with E-state index in [9.17, 15) is 9.59 Å². The SMILES string of the molecule is CCOC(=O)C(CCSc1n[nH]c(=O)n1C)NC(C)C. The minimum absolute atomic E-state index is 0.198. The van der Waals surface area contributed by atoms with Gasteiger partial charge in [-0.05, 0) is 13.3 Å². The van der Waals surface area contributed by atoms with Gasteiger partial charge in [0.25, 0.3) is 0 Å². The number of hydrogen-bond donors (Lipinski definition) is 2. The van der Waals surface area contributed by atoms with Crippen LogP contribution in [0.3, 0.4) is 0 Å². The molecule has 1 heterocycles. The number of aromatic nitrogens is 3. The largest absolute Gasteiger partial charge is 0.465 e. The number of nitrogens with zero attached hydrogens (tertiary/aromatic N) is 2. The molecular weight excluding hydrogens is 280 g/mol. The number of hydrogen-bond acceptors (Lipinski definition) is 6. The van der Waals surface area contributed by atoms with Gasteiger partial charge in [0.1, 0.15) is 6.04 Å². The molecule has 0 amide bonds. The Labute approximate surface area is 122 Å². The summed E-state index contributed by atoms with van der Waals surface area (Å²) in [4.78, 5) is 23.0. The molecule has 2 N–H and O–H groups in total. The van der Waals surface area contributed by atoms with Crippen LogP contribution in [-0.4, -0.2) is 45.2 Å². The van der Waals surface area contributed by atoms with Gasteiger partial charge >= 0.3 is 11.7 Å². The van der Waals surface area contributed by atoms with Crippen molar-refractivity contribution in [2.24, 2.45) is 7.05 Å². The third-order valence-corrected chi connectivity index (χ3v) is 3.65. The number of rotatable bonds is 8. The lowest BCUT2D eigenvalue weighted by atomic mass is 10.2. The first-order chi connectivity index (χ1) is 9.45. The van der Waals surface area contributed by atoms with Gasteiger partial charge in [-0.3, -0.25) is 9.36 Å². The molecule has 7 nitrogen and oxygen atoms in total. The molecular formula is C12H22N4O3S. The normalized spacial score (nSPS) is 12.7. The molecule has 0 saturated carbocycles. The summed E-state index contributed by atoms with van der Waals surface area (Å²) in [6.07, 6.45) is 0.614. The van der Waals surface area contributed by atoms with Gasteiger partial charge in [0.05, 0.1) is 6.61 Å². The highest BCUT2D eigenvalue weighted by molar-refractivity contribution is 7.99. The van der Waals surface area contributed by atoms with Crippen molar-refractivity contribution in [3.63, 3.8) is 0 Å². The predicted octanol–water partition coefficient (Wildman–Crippen LogP) is 0.520. The molecule has 20 heavy (non-hydrogen) atoms. The van der Waals surface area contributed by atoms with Crippen molar-refractivity contribution in [1.82, 2.24) is 20.1 Å². The predicted molar refractivity (Wildman–Crippen MR) is 77.9 cm³/mol. The van der Waals surface area contributed by atoms with Crippen LogP contribution in [0.15, 0.2) is 9.95 Å². The van der Waals surface area contributed by atoms with Gasteiger partial charge in [0.15, 0.2) is 5.16 Å². The number of esters is 1. The lowest BCUT2D eigenvalue weighted by Crippen LogP contribution is -2.42. The van der Waals surface area contributed by atoms with Crippen LogP contribution in [-0.2, 0) is 16.6 Å². The first-order valence-corrected chi connectivity index (χ1v) is 7.61. The molecule has 114 valence electrons. The Morgan fingerprint density at radius 1 is 1.55 bits per heavy atom. The Hall–Kier alpha value is -1.28. The van der Waals surface area contributed by atoms with Gasteiger partial charge in [-0.15, -0.1) is 5.10 Å². The summed E-state index contributed by atoms with van der Waals surface area (Å²) in [5.41, 5.74) is -0.241. The van der Waals surface area contributed by atoms with Crippen molar-refractivity contribution in [3.8, 4) is 0 Å². The topological polar surface area (TPSA) is 89.0 Å². The molecule has 0 saturated heterocycles. The summed E-state index contributed by atoms with van der Waals surface area (Å²) in [5, 5.41) is 10.1. The zero-order valence-electron chi connectivity index (χ0n) is 12.3. The van der Waals surface area contributed by atoms with Crippen molar-refractivity contribution in [2.75, 3.05) is 12.4 Å². The third kappa shape index (κ3) is 5.01. The molecule has 1 aromatic heterocycles. The summed E-state index contributed by atoms with van der Waals surface area (Å²) in [5.74, 6) is 0.430. The lowest BCUT2D eigenvalue weighted by Gasteiger charge is -2.19. The minimum Gasteiger partial charge on any atom is -0.465 e. The van der Waals surface area contributed by atoms with Crippen molar-refractivity contribution in [3.05, 3.63) is 10.5 Å². The standard InChI is InChI=1S/C12H22N4O3S/c1-5-19-10(17)9(13-8(2)3)6-7-20-12-15-14-11(18)16(12)4/h8-9,13H,5-7H2,1-4H3,(H,14,18). The molecule has 0 aliphatic rings. The summed E-state index contributed by atoms with van der Waals surface area (Å²) in [6.45, 7) is 6.13. The first kappa shape index (κ1) is 16.8. The molecule has 0 radical (unpaired) electrons. The number of ether oxygens (including phenoxy) is 1. The van der Waals surface area contributed by atoms with Crippen molar-refractivity contribution in [1.29, 1.82) is 0 Å². The summed E-state index contributed by atoms with van der Waals surface area (Å²) in [6, 6.07) is -0.137. The molecule has 8 heteroatoms. The maximum atomic E-state index is 11.8. The van der Waals surface area contributed by atoms with Crippen molar-refractivity contribution < 1.29 is 9.53 Å². The highest BCUT2D eigenvalue weighted by Gasteiger charge is 2.20. The summed E-state index contributed by atoms with van der Waals surface area (Å²) in [7, 11) is 1.66. The smallest absolute Gasteiger partial charge is 0.343 e. The van der Waals surface area contributed by atoms with Crippen LogP contribution in [0, 0.1) is 0 Å². The van der Waals surface area contributed by atoms with Crippen LogP contribution >= 0.6 is 11.8 Å². The molecule has 0 aromatic carbocycles. The van der Waals surface area contributed by atoms with E-state index in [1.165, 1.54) is 16.3 Å². The number of nitrogens with one attached hydrogen (secondary N) is 2.